The van der Waals surface area contributed by atoms with Crippen molar-refractivity contribution >= 4 is 35.4 Å². The Kier molecular flexibility index (Phi) is 5.05. The molecule has 0 radical (unpaired) electrons. The Balaban J connectivity index is 1.49. The number of benzene rings is 2. The quantitative estimate of drug-likeness (QED) is 0.486. The van der Waals surface area contributed by atoms with Gasteiger partial charge in [0.2, 0.25) is 5.91 Å². The Morgan fingerprint density at radius 3 is 2.57 bits per heavy atom. The molecule has 2 N–H and O–H groups in total. The third-order valence-electron chi connectivity index (χ3n) is 4.12. The number of carbonyl (C=O) groups is 1. The minimum absolute atomic E-state index is 0.0383. The van der Waals surface area contributed by atoms with E-state index in [1.807, 2.05) is 47.2 Å². The summed E-state index contributed by atoms with van der Waals surface area (Å²) in [7, 11) is 0. The number of aromatic nitrogens is 5. The average molecular weight is 411 g/mol. The van der Waals surface area contributed by atoms with E-state index in [0.717, 1.165) is 11.3 Å². The molecule has 7 nitrogen and oxygen atoms in total. The molecule has 9 heteroatoms. The van der Waals surface area contributed by atoms with Crippen LogP contribution in [-0.4, -0.2) is 30.2 Å². The maximum Gasteiger partial charge on any atom is 0.244 e. The highest BCUT2D eigenvalue weighted by atomic mass is 35.5. The van der Waals surface area contributed by atoms with Gasteiger partial charge in [-0.2, -0.15) is 5.10 Å². The van der Waals surface area contributed by atoms with Gasteiger partial charge in [-0.3, -0.25) is 14.5 Å². The number of nitrogens with zero attached hydrogens (tertiary/aromatic N) is 4. The van der Waals surface area contributed by atoms with Crippen LogP contribution in [0.25, 0.3) is 17.1 Å². The monoisotopic (exact) mass is 410 g/mol. The van der Waals surface area contributed by atoms with Crippen LogP contribution in [0.2, 0.25) is 5.02 Å². The summed E-state index contributed by atoms with van der Waals surface area (Å²) >= 11 is 11.2. The van der Waals surface area contributed by atoms with E-state index in [9.17, 15) is 4.79 Å². The van der Waals surface area contributed by atoms with Crippen molar-refractivity contribution in [1.29, 1.82) is 0 Å². The second-order valence-electron chi connectivity index (χ2n) is 6.01. The molecular weight excluding hydrogens is 396 g/mol. The van der Waals surface area contributed by atoms with Crippen LogP contribution in [0.5, 0.6) is 0 Å². The number of rotatable bonds is 5. The van der Waals surface area contributed by atoms with E-state index >= 15 is 0 Å². The lowest BCUT2D eigenvalue weighted by Crippen LogP contribution is -2.19. The van der Waals surface area contributed by atoms with E-state index in [2.05, 4.69) is 20.5 Å². The first-order valence-corrected chi connectivity index (χ1v) is 9.18. The van der Waals surface area contributed by atoms with Crippen LogP contribution >= 0.6 is 23.8 Å². The molecule has 2 heterocycles. The van der Waals surface area contributed by atoms with Gasteiger partial charge >= 0.3 is 0 Å². The highest BCUT2D eigenvalue weighted by molar-refractivity contribution is 7.71. The number of H-pyrrole nitrogens is 1. The lowest BCUT2D eigenvalue weighted by atomic mass is 10.2. The molecule has 0 saturated heterocycles. The molecular formula is C19H15ClN6OS. The molecule has 2 aromatic heterocycles. The summed E-state index contributed by atoms with van der Waals surface area (Å²) in [4.78, 5) is 16.5. The molecule has 140 valence electrons. The smallest absolute Gasteiger partial charge is 0.244 e. The first-order valence-electron chi connectivity index (χ1n) is 8.39. The number of halogens is 1. The lowest BCUT2D eigenvalue weighted by molar-refractivity contribution is -0.116. The topological polar surface area (TPSA) is 80.5 Å². The summed E-state index contributed by atoms with van der Waals surface area (Å²) in [6, 6.07) is 14.7. The van der Waals surface area contributed by atoms with Crippen molar-refractivity contribution in [3.05, 3.63) is 77.0 Å². The first-order chi connectivity index (χ1) is 13.6. The highest BCUT2D eigenvalue weighted by Gasteiger charge is 2.12. The summed E-state index contributed by atoms with van der Waals surface area (Å²) in [5.41, 5.74) is 2.46. The van der Waals surface area contributed by atoms with Crippen molar-refractivity contribution in [2.24, 2.45) is 0 Å². The Labute approximate surface area is 170 Å². The normalized spacial score (nSPS) is 10.8. The number of hydrogen-bond acceptors (Lipinski definition) is 4. The molecule has 28 heavy (non-hydrogen) atoms. The van der Waals surface area contributed by atoms with Crippen LogP contribution in [-0.2, 0) is 11.3 Å². The molecule has 4 rings (SSSR count). The molecule has 4 aromatic rings. The molecule has 2 aromatic carbocycles. The molecule has 0 aliphatic rings. The molecule has 0 unspecified atom stereocenters. The van der Waals surface area contributed by atoms with Gasteiger partial charge in [-0.1, -0.05) is 11.6 Å². The van der Waals surface area contributed by atoms with E-state index < -0.39 is 0 Å². The SMILES string of the molecule is O=C(Cn1c(-c2ccc(Cl)cc2)n[nH]c1=S)Nc1ccc(-n2ccnc2)cc1. The zero-order valence-electron chi connectivity index (χ0n) is 14.5. The van der Waals surface area contributed by atoms with Crippen LogP contribution < -0.4 is 5.32 Å². The van der Waals surface area contributed by atoms with Crippen LogP contribution in [0.4, 0.5) is 5.69 Å². The summed E-state index contributed by atoms with van der Waals surface area (Å²) in [5.74, 6) is 0.371. The average Bonchev–Trinajstić information content (AvgIpc) is 3.34. The van der Waals surface area contributed by atoms with Crippen molar-refractivity contribution in [2.75, 3.05) is 5.32 Å². The van der Waals surface area contributed by atoms with E-state index in [-0.39, 0.29) is 12.5 Å². The minimum Gasteiger partial charge on any atom is -0.325 e. The molecule has 0 aliphatic heterocycles. The van der Waals surface area contributed by atoms with E-state index in [4.69, 9.17) is 23.8 Å². The number of hydrogen-bond donors (Lipinski definition) is 2. The molecule has 1 amide bonds. The van der Waals surface area contributed by atoms with Crippen LogP contribution in [0.1, 0.15) is 0 Å². The third-order valence-corrected chi connectivity index (χ3v) is 4.68. The van der Waals surface area contributed by atoms with Gasteiger partial charge in [0, 0.05) is 34.4 Å². The number of aromatic amines is 1. The molecule has 0 fully saturated rings. The maximum atomic E-state index is 12.5. The Bertz CT molecular complexity index is 1150. The summed E-state index contributed by atoms with van der Waals surface area (Å²) in [5, 5.41) is 10.5. The van der Waals surface area contributed by atoms with Gasteiger partial charge < -0.3 is 9.88 Å². The summed E-state index contributed by atoms with van der Waals surface area (Å²) < 4.78 is 3.90. The van der Waals surface area contributed by atoms with Crippen LogP contribution in [0.15, 0.2) is 67.3 Å². The van der Waals surface area contributed by atoms with Gasteiger partial charge in [-0.15, -0.1) is 0 Å². The van der Waals surface area contributed by atoms with Crippen molar-refractivity contribution in [2.45, 2.75) is 6.54 Å². The second-order valence-corrected chi connectivity index (χ2v) is 6.83. The number of anilines is 1. The molecule has 0 bridgehead atoms. The Hall–Kier alpha value is -3.23. The van der Waals surface area contributed by atoms with Gasteiger partial charge in [0.25, 0.3) is 0 Å². The second kappa shape index (κ2) is 7.79. The van der Waals surface area contributed by atoms with E-state index in [1.54, 1.807) is 29.2 Å². The molecule has 0 saturated carbocycles. The number of nitrogens with one attached hydrogen (secondary N) is 2. The van der Waals surface area contributed by atoms with Crippen LogP contribution in [0.3, 0.4) is 0 Å². The van der Waals surface area contributed by atoms with Gasteiger partial charge in [0.05, 0.1) is 6.33 Å². The van der Waals surface area contributed by atoms with Gasteiger partial charge in [-0.25, -0.2) is 4.98 Å². The van der Waals surface area contributed by atoms with E-state index in [1.165, 1.54) is 0 Å². The first kappa shape index (κ1) is 18.1. The van der Waals surface area contributed by atoms with Crippen molar-refractivity contribution in [1.82, 2.24) is 24.3 Å². The lowest BCUT2D eigenvalue weighted by Gasteiger charge is -2.09. The van der Waals surface area contributed by atoms with Crippen molar-refractivity contribution in [3.63, 3.8) is 0 Å². The van der Waals surface area contributed by atoms with Gasteiger partial charge in [0.1, 0.15) is 6.54 Å². The van der Waals surface area contributed by atoms with E-state index in [0.29, 0.717) is 21.3 Å². The predicted molar refractivity (Wildman–Crippen MR) is 110 cm³/mol. The standard InChI is InChI=1S/C19H15ClN6OS/c20-14-3-1-13(2-4-14)18-23-24-19(28)26(18)11-17(27)22-15-5-7-16(8-6-15)25-10-9-21-12-25/h1-10,12H,11H2,(H,22,27)(H,24,28). The third kappa shape index (κ3) is 3.88. The van der Waals surface area contributed by atoms with Crippen molar-refractivity contribution < 1.29 is 4.79 Å². The fourth-order valence-electron chi connectivity index (χ4n) is 2.76. The zero-order chi connectivity index (χ0) is 19.5. The van der Waals surface area contributed by atoms with Gasteiger partial charge in [-0.05, 0) is 60.7 Å². The molecule has 0 spiro atoms. The predicted octanol–water partition coefficient (Wildman–Crippen LogP) is 4.09. The number of carbonyl (C=O) groups excluding carboxylic acids is 1. The minimum atomic E-state index is -0.205. The molecule has 0 aliphatic carbocycles. The van der Waals surface area contributed by atoms with Gasteiger partial charge in [0.15, 0.2) is 10.6 Å². The number of amides is 1. The summed E-state index contributed by atoms with van der Waals surface area (Å²) in [6.07, 6.45) is 5.28. The largest absolute Gasteiger partial charge is 0.325 e. The van der Waals surface area contributed by atoms with Crippen LogP contribution in [0, 0.1) is 4.77 Å². The number of imidazole rings is 1. The Morgan fingerprint density at radius 2 is 1.89 bits per heavy atom. The summed E-state index contributed by atoms with van der Waals surface area (Å²) in [6.45, 7) is 0.0383. The molecule has 0 atom stereocenters. The zero-order valence-corrected chi connectivity index (χ0v) is 16.1. The fraction of sp³-hybridized carbons (Fsp3) is 0.0526. The highest BCUT2D eigenvalue weighted by Crippen LogP contribution is 2.20. The maximum absolute atomic E-state index is 12.5. The fourth-order valence-corrected chi connectivity index (χ4v) is 3.08. The van der Waals surface area contributed by atoms with Crippen molar-refractivity contribution in [3.8, 4) is 17.1 Å². The Morgan fingerprint density at radius 1 is 1.14 bits per heavy atom.